The summed E-state index contributed by atoms with van der Waals surface area (Å²) in [6, 6.07) is 3.21. The van der Waals surface area contributed by atoms with Crippen LogP contribution in [0.15, 0.2) is 18.3 Å². The Kier molecular flexibility index (Phi) is 6.27. The minimum absolute atomic E-state index is 0.00679. The Hall–Kier alpha value is -2.11. The van der Waals surface area contributed by atoms with Crippen LogP contribution in [0.2, 0.25) is 0 Å². The number of nitrogens with zero attached hydrogens (tertiary/aromatic N) is 1. The quantitative estimate of drug-likeness (QED) is 0.661. The Morgan fingerprint density at radius 2 is 1.71 bits per heavy atom. The predicted molar refractivity (Wildman–Crippen MR) is 119 cm³/mol. The molecule has 0 aliphatic heterocycles. The second-order valence-corrected chi connectivity index (χ2v) is 10.7. The largest absolute Gasteiger partial charge is 0.475 e. The maximum Gasteiger partial charge on any atom is 0.243 e. The molecule has 4 aliphatic rings. The van der Waals surface area contributed by atoms with Gasteiger partial charge in [-0.15, -0.1) is 0 Å². The maximum atomic E-state index is 13.4. The van der Waals surface area contributed by atoms with Crippen molar-refractivity contribution in [3.8, 4) is 5.88 Å². The molecule has 1 heterocycles. The van der Waals surface area contributed by atoms with Gasteiger partial charge in [0.15, 0.2) is 0 Å². The lowest BCUT2D eigenvalue weighted by Crippen LogP contribution is -2.58. The van der Waals surface area contributed by atoms with Crippen molar-refractivity contribution in [1.29, 1.82) is 0 Å². The number of hydrogen-bond donors (Lipinski definition) is 2. The van der Waals surface area contributed by atoms with Gasteiger partial charge in [-0.05, 0) is 82.1 Å². The normalized spacial score (nSPS) is 29.8. The molecule has 6 nitrogen and oxygen atoms in total. The summed E-state index contributed by atoms with van der Waals surface area (Å²) in [5.74, 6) is 2.61. The zero-order valence-corrected chi connectivity index (χ0v) is 19.3. The van der Waals surface area contributed by atoms with Crippen LogP contribution < -0.4 is 15.4 Å². The molecule has 4 fully saturated rings. The standard InChI is InChI=1S/C25H37N3O3/c1-15(2)21(22(29)27-14-20-6-5-7-26-23(20)31-16(3)4)28-24(30)25-11-17-8-18(12-25)10-19(9-17)13-25/h5-7,15-19,21H,8-14H2,1-4H3,(H,27,29)(H,28,30). The van der Waals surface area contributed by atoms with Crippen LogP contribution in [-0.4, -0.2) is 28.9 Å². The van der Waals surface area contributed by atoms with E-state index in [4.69, 9.17) is 4.74 Å². The smallest absolute Gasteiger partial charge is 0.243 e. The molecule has 1 aromatic rings. The fraction of sp³-hybridized carbons (Fsp3) is 0.720. The number of ether oxygens (including phenoxy) is 1. The Morgan fingerprint density at radius 3 is 2.26 bits per heavy atom. The third-order valence-corrected chi connectivity index (χ3v) is 7.41. The third kappa shape index (κ3) is 4.73. The SMILES string of the molecule is CC(C)Oc1ncccc1CNC(=O)C(NC(=O)C12CC3CC(CC(C3)C1)C2)C(C)C. The molecule has 2 N–H and O–H groups in total. The van der Waals surface area contributed by atoms with E-state index in [9.17, 15) is 9.59 Å². The lowest BCUT2D eigenvalue weighted by atomic mass is 9.49. The Balaban J connectivity index is 1.40. The van der Waals surface area contributed by atoms with Crippen LogP contribution in [0.5, 0.6) is 5.88 Å². The highest BCUT2D eigenvalue weighted by atomic mass is 16.5. The highest BCUT2D eigenvalue weighted by Crippen LogP contribution is 2.60. The van der Waals surface area contributed by atoms with Gasteiger partial charge in [0.25, 0.3) is 0 Å². The van der Waals surface area contributed by atoms with Crippen LogP contribution in [0.1, 0.15) is 71.8 Å². The van der Waals surface area contributed by atoms with Gasteiger partial charge in [0.1, 0.15) is 6.04 Å². The summed E-state index contributed by atoms with van der Waals surface area (Å²) in [6.45, 7) is 8.20. The zero-order chi connectivity index (χ0) is 22.2. The number of rotatable bonds is 8. The highest BCUT2D eigenvalue weighted by Gasteiger charge is 2.55. The Labute approximate surface area is 185 Å². The summed E-state index contributed by atoms with van der Waals surface area (Å²) in [5, 5.41) is 6.16. The third-order valence-electron chi connectivity index (χ3n) is 7.41. The van der Waals surface area contributed by atoms with Crippen LogP contribution in [0.25, 0.3) is 0 Å². The molecule has 4 saturated carbocycles. The van der Waals surface area contributed by atoms with E-state index < -0.39 is 6.04 Å². The van der Waals surface area contributed by atoms with E-state index >= 15 is 0 Å². The Bertz CT molecular complexity index is 785. The van der Waals surface area contributed by atoms with Gasteiger partial charge in [-0.1, -0.05) is 19.9 Å². The average molecular weight is 428 g/mol. The van der Waals surface area contributed by atoms with Gasteiger partial charge < -0.3 is 15.4 Å². The number of carbonyl (C=O) groups is 2. The maximum absolute atomic E-state index is 13.4. The summed E-state index contributed by atoms with van der Waals surface area (Å²) in [6.07, 6.45) is 8.60. The number of aromatic nitrogens is 1. The van der Waals surface area contributed by atoms with Crippen molar-refractivity contribution in [2.75, 3.05) is 0 Å². The molecule has 0 saturated heterocycles. The number of amides is 2. The predicted octanol–water partition coefficient (Wildman–Crippen LogP) is 3.84. The highest BCUT2D eigenvalue weighted by molar-refractivity contribution is 5.90. The summed E-state index contributed by atoms with van der Waals surface area (Å²) < 4.78 is 5.76. The number of hydrogen-bond acceptors (Lipinski definition) is 4. The minimum atomic E-state index is -0.536. The van der Waals surface area contributed by atoms with Crippen molar-refractivity contribution in [1.82, 2.24) is 15.6 Å². The first kappa shape index (κ1) is 22.1. The van der Waals surface area contributed by atoms with Crippen molar-refractivity contribution in [3.63, 3.8) is 0 Å². The van der Waals surface area contributed by atoms with Crippen LogP contribution in [0, 0.1) is 29.1 Å². The Morgan fingerprint density at radius 1 is 1.10 bits per heavy atom. The fourth-order valence-corrected chi connectivity index (χ4v) is 6.40. The molecule has 0 radical (unpaired) electrons. The first-order chi connectivity index (χ1) is 14.8. The van der Waals surface area contributed by atoms with Gasteiger partial charge in [0.05, 0.1) is 6.10 Å². The van der Waals surface area contributed by atoms with Crippen molar-refractivity contribution in [3.05, 3.63) is 23.9 Å². The molecule has 4 bridgehead atoms. The summed E-state index contributed by atoms with van der Waals surface area (Å²) in [5.41, 5.74) is 0.587. The summed E-state index contributed by atoms with van der Waals surface area (Å²) in [4.78, 5) is 30.8. The second kappa shape index (κ2) is 8.79. The van der Waals surface area contributed by atoms with Gasteiger partial charge in [-0.3, -0.25) is 9.59 Å². The molecule has 0 aromatic carbocycles. The molecule has 31 heavy (non-hydrogen) atoms. The number of pyridine rings is 1. The summed E-state index contributed by atoms with van der Waals surface area (Å²) in [7, 11) is 0. The minimum Gasteiger partial charge on any atom is -0.475 e. The molecule has 6 heteroatoms. The summed E-state index contributed by atoms with van der Waals surface area (Å²) >= 11 is 0. The van der Waals surface area contributed by atoms with Crippen molar-refractivity contribution >= 4 is 11.8 Å². The van der Waals surface area contributed by atoms with Crippen molar-refractivity contribution < 1.29 is 14.3 Å². The van der Waals surface area contributed by atoms with Crippen molar-refractivity contribution in [2.24, 2.45) is 29.1 Å². The zero-order valence-electron chi connectivity index (χ0n) is 19.3. The molecular weight excluding hydrogens is 390 g/mol. The second-order valence-electron chi connectivity index (χ2n) is 10.7. The molecule has 1 atom stereocenters. The molecular formula is C25H37N3O3. The number of nitrogens with one attached hydrogen (secondary N) is 2. The van der Waals surface area contributed by atoms with Gasteiger partial charge in [0, 0.05) is 23.7 Å². The molecule has 4 aliphatic carbocycles. The van der Waals surface area contributed by atoms with E-state index in [0.29, 0.717) is 30.2 Å². The average Bonchev–Trinajstić information content (AvgIpc) is 2.69. The molecule has 2 amide bonds. The lowest BCUT2D eigenvalue weighted by Gasteiger charge is -2.55. The fourth-order valence-electron chi connectivity index (χ4n) is 6.40. The van der Waals surface area contributed by atoms with Crippen LogP contribution in [0.3, 0.4) is 0 Å². The molecule has 170 valence electrons. The van der Waals surface area contributed by atoms with Gasteiger partial charge >= 0.3 is 0 Å². The van der Waals surface area contributed by atoms with Crippen molar-refractivity contribution in [2.45, 2.75) is 84.9 Å². The van der Waals surface area contributed by atoms with Gasteiger partial charge in [-0.2, -0.15) is 0 Å². The van der Waals surface area contributed by atoms with Gasteiger partial charge in [0.2, 0.25) is 17.7 Å². The molecule has 1 unspecified atom stereocenters. The van der Waals surface area contributed by atoms with Gasteiger partial charge in [-0.25, -0.2) is 4.98 Å². The van der Waals surface area contributed by atoms with E-state index in [-0.39, 0.29) is 29.3 Å². The van der Waals surface area contributed by atoms with E-state index in [2.05, 4.69) is 15.6 Å². The lowest BCUT2D eigenvalue weighted by molar-refractivity contribution is -0.149. The van der Waals surface area contributed by atoms with E-state index in [1.54, 1.807) is 6.20 Å². The van der Waals surface area contributed by atoms with E-state index in [1.165, 1.54) is 19.3 Å². The van der Waals surface area contributed by atoms with E-state index in [0.717, 1.165) is 24.8 Å². The topological polar surface area (TPSA) is 80.3 Å². The van der Waals surface area contributed by atoms with Crippen LogP contribution in [0.4, 0.5) is 0 Å². The first-order valence-corrected chi connectivity index (χ1v) is 11.9. The van der Waals surface area contributed by atoms with E-state index in [1.807, 2.05) is 39.8 Å². The van der Waals surface area contributed by atoms with Crippen LogP contribution in [-0.2, 0) is 16.1 Å². The molecule has 0 spiro atoms. The molecule has 1 aromatic heterocycles. The number of carbonyl (C=O) groups excluding carboxylic acids is 2. The molecule has 5 rings (SSSR count). The monoisotopic (exact) mass is 427 g/mol. The first-order valence-electron chi connectivity index (χ1n) is 11.9. The van der Waals surface area contributed by atoms with Crippen LogP contribution >= 0.6 is 0 Å².